The molecule has 0 spiro atoms. The molecule has 17 nitrogen and oxygen atoms in total. The van der Waals surface area contributed by atoms with Gasteiger partial charge in [0.15, 0.2) is 24.0 Å². The third-order valence-corrected chi connectivity index (χ3v) is 17.0. The molecule has 7 heterocycles. The van der Waals surface area contributed by atoms with Crippen LogP contribution in [0, 0.1) is 35.0 Å². The van der Waals surface area contributed by atoms with Crippen LogP contribution in [0.1, 0.15) is 92.9 Å². The minimum atomic E-state index is -1.75. The summed E-state index contributed by atoms with van der Waals surface area (Å²) >= 11 is 1.45. The summed E-state index contributed by atoms with van der Waals surface area (Å²) < 4.78 is 51.9. The maximum absolute atomic E-state index is 15.7. The third kappa shape index (κ3) is 10.8. The summed E-state index contributed by atoms with van der Waals surface area (Å²) in [4.78, 5) is 70.1. The molecule has 2 aromatic rings. The number of hydrogen-bond acceptors (Lipinski definition) is 18. The van der Waals surface area contributed by atoms with E-state index in [1.807, 2.05) is 68.1 Å². The van der Waals surface area contributed by atoms with Gasteiger partial charge in [0.2, 0.25) is 0 Å². The Balaban J connectivity index is 1.40. The highest BCUT2D eigenvalue weighted by atomic mass is 32.1. The van der Waals surface area contributed by atoms with Crippen LogP contribution in [-0.2, 0) is 57.1 Å². The van der Waals surface area contributed by atoms with Gasteiger partial charge >= 0.3 is 11.9 Å². The van der Waals surface area contributed by atoms with E-state index in [1.165, 1.54) is 25.4 Å². The molecule has 7 rings (SSSR count). The Morgan fingerprint density at radius 2 is 1.72 bits per heavy atom. The SMILES string of the molecule is C=CCN1CC2(C)C(=O)[C@H](C)C[C@](C)(OCC#Cc3ccc(-c4ccccn4)s3)[C@H](O[C@@H]3O[C@H](C)C[C@H](N(C)C)[C@H]3O)[C@@H](OC3CC(C)(OC)[C@@H](O)[C@H](C)O3)C(=O)[C@@H](C)C(=O)O[C@H](CC)[C@@]3(C)OC(=O)C1C23. The molecular formula is C54H75N3O14S. The minimum Gasteiger partial charge on any atom is -0.458 e. The van der Waals surface area contributed by atoms with Crippen LogP contribution in [0.5, 0.6) is 0 Å². The number of aliphatic hydroxyl groups is 2. The van der Waals surface area contributed by atoms with Crippen molar-refractivity contribution in [1.82, 2.24) is 14.8 Å². The van der Waals surface area contributed by atoms with Crippen LogP contribution in [0.4, 0.5) is 0 Å². The zero-order valence-electron chi connectivity index (χ0n) is 43.8. The van der Waals surface area contributed by atoms with Crippen molar-refractivity contribution in [3.63, 3.8) is 0 Å². The molecule has 5 fully saturated rings. The largest absolute Gasteiger partial charge is 0.458 e. The molecule has 5 saturated heterocycles. The van der Waals surface area contributed by atoms with Gasteiger partial charge in [0.05, 0.1) is 38.9 Å². The van der Waals surface area contributed by atoms with Crippen LogP contribution < -0.4 is 0 Å². The number of likely N-dealkylation sites (tertiary alicyclic amines) is 1. The summed E-state index contributed by atoms with van der Waals surface area (Å²) in [6.07, 6.45) is -6.75. The Kier molecular flexibility index (Phi) is 17.1. The number of cyclic esters (lactones) is 1. The van der Waals surface area contributed by atoms with Gasteiger partial charge in [-0.3, -0.25) is 29.1 Å². The van der Waals surface area contributed by atoms with Crippen LogP contribution in [0.2, 0.25) is 0 Å². The Labute approximate surface area is 428 Å². The lowest BCUT2D eigenvalue weighted by molar-refractivity contribution is -0.328. The lowest BCUT2D eigenvalue weighted by atomic mass is 9.62. The van der Waals surface area contributed by atoms with Crippen molar-refractivity contribution in [2.24, 2.45) is 23.2 Å². The van der Waals surface area contributed by atoms with E-state index in [0.717, 1.165) is 15.4 Å². The standard InChI is InChI=1S/C54H75N3O14S/c1-14-24-57-29-51(7)44-40(57)49(63)71-54(44,10)38(15-2)68-48(62)32(5)41(58)43(69-39-28-52(8,64-13)46(61)33(6)67-39)47(70-50-42(59)36(56(11)12)26-31(4)66-50)53(9,27-30(3)45(51)60)65-25-18-19-34-21-22-37(72-34)35-20-16-17-23-55-35/h14,16-17,20-23,30-33,36,38-40,42-44,46-47,50,59,61H,1,15,24-29H2,2-13H3/t30-,31-,32-,33+,36+,38-,39?,40?,42-,43+,44?,46+,47-,50+,51?,52?,53+,54-/m1/s1. The maximum Gasteiger partial charge on any atom is 0.324 e. The van der Waals surface area contributed by atoms with E-state index in [1.54, 1.807) is 53.8 Å². The van der Waals surface area contributed by atoms with Crippen molar-refractivity contribution in [1.29, 1.82) is 0 Å². The number of Topliss-reactive ketones (excluding diaryl/α,β-unsaturated/α-hetero) is 2. The summed E-state index contributed by atoms with van der Waals surface area (Å²) in [6, 6.07) is 8.19. The van der Waals surface area contributed by atoms with Gasteiger partial charge in [-0.2, -0.15) is 0 Å². The van der Waals surface area contributed by atoms with E-state index in [-0.39, 0.29) is 44.7 Å². The monoisotopic (exact) mass is 1020 g/mol. The Morgan fingerprint density at radius 1 is 0.986 bits per heavy atom. The number of methoxy groups -OCH3 is 1. The molecule has 18 heteroatoms. The Bertz CT molecular complexity index is 2360. The molecule has 0 amide bonds. The summed E-state index contributed by atoms with van der Waals surface area (Å²) in [5, 5.41) is 23.3. The normalized spacial score (nSPS) is 41.0. The van der Waals surface area contributed by atoms with E-state index in [4.69, 9.17) is 37.9 Å². The van der Waals surface area contributed by atoms with Gasteiger partial charge in [0.1, 0.15) is 54.9 Å². The summed E-state index contributed by atoms with van der Waals surface area (Å²) in [5.41, 5.74) is -4.87. The average molecular weight is 1020 g/mol. The summed E-state index contributed by atoms with van der Waals surface area (Å²) in [5.74, 6) is 0.639. The van der Waals surface area contributed by atoms with Crippen LogP contribution in [0.15, 0.2) is 49.2 Å². The van der Waals surface area contributed by atoms with Crippen molar-refractivity contribution in [3.8, 4) is 22.4 Å². The first kappa shape index (κ1) is 55.8. The smallest absolute Gasteiger partial charge is 0.324 e. The summed E-state index contributed by atoms with van der Waals surface area (Å²) in [7, 11) is 5.13. The van der Waals surface area contributed by atoms with Crippen molar-refractivity contribution in [2.45, 2.75) is 172 Å². The number of ketones is 2. The Morgan fingerprint density at radius 3 is 2.38 bits per heavy atom. The number of rotatable bonds is 12. The summed E-state index contributed by atoms with van der Waals surface area (Å²) in [6.45, 7) is 19.6. The van der Waals surface area contributed by atoms with Gasteiger partial charge in [-0.15, -0.1) is 17.9 Å². The fraction of sp³-hybridized carbons (Fsp3) is 0.685. The predicted octanol–water partition coefficient (Wildman–Crippen LogP) is 4.98. The molecular weight excluding hydrogens is 947 g/mol. The van der Waals surface area contributed by atoms with Crippen molar-refractivity contribution in [2.75, 3.05) is 40.9 Å². The molecule has 0 aliphatic carbocycles. The van der Waals surface area contributed by atoms with E-state index in [0.29, 0.717) is 6.42 Å². The van der Waals surface area contributed by atoms with Gasteiger partial charge in [-0.05, 0) is 99.2 Å². The fourth-order valence-corrected chi connectivity index (χ4v) is 12.9. The van der Waals surface area contributed by atoms with Gasteiger partial charge in [0.25, 0.3) is 0 Å². The molecule has 0 saturated carbocycles. The predicted molar refractivity (Wildman–Crippen MR) is 266 cm³/mol. The topological polar surface area (TPSA) is 202 Å². The second kappa shape index (κ2) is 22.1. The molecule has 0 radical (unpaired) electrons. The highest BCUT2D eigenvalue weighted by Gasteiger charge is 2.71. The molecule has 2 aromatic heterocycles. The lowest BCUT2D eigenvalue weighted by Gasteiger charge is -2.49. The maximum atomic E-state index is 15.7. The van der Waals surface area contributed by atoms with Crippen molar-refractivity contribution in [3.05, 3.63) is 54.1 Å². The van der Waals surface area contributed by atoms with E-state index < -0.39 is 125 Å². The first-order valence-corrected chi connectivity index (χ1v) is 26.0. The highest BCUT2D eigenvalue weighted by molar-refractivity contribution is 7.16. The van der Waals surface area contributed by atoms with Gasteiger partial charge in [0, 0.05) is 56.1 Å². The van der Waals surface area contributed by atoms with E-state index >= 15 is 9.59 Å². The van der Waals surface area contributed by atoms with Gasteiger partial charge in [-0.25, -0.2) is 0 Å². The quantitative estimate of drug-likeness (QED) is 0.125. The molecule has 396 valence electrons. The number of hydrogen-bond donors (Lipinski definition) is 2. The van der Waals surface area contributed by atoms with Gasteiger partial charge in [-0.1, -0.05) is 44.8 Å². The highest BCUT2D eigenvalue weighted by Crippen LogP contribution is 2.56. The number of ether oxygens (including phenoxy) is 8. The number of aromatic nitrogens is 1. The lowest BCUT2D eigenvalue weighted by Crippen LogP contribution is -2.63. The first-order valence-electron chi connectivity index (χ1n) is 25.1. The zero-order chi connectivity index (χ0) is 52.7. The number of carbonyl (C=O) groups is 4. The molecule has 0 bridgehead atoms. The van der Waals surface area contributed by atoms with Crippen LogP contribution in [-0.4, -0.2) is 174 Å². The zero-order valence-corrected chi connectivity index (χ0v) is 44.6. The van der Waals surface area contributed by atoms with Crippen LogP contribution in [0.25, 0.3) is 10.6 Å². The van der Waals surface area contributed by atoms with Gasteiger partial charge < -0.3 is 53.0 Å². The number of pyridine rings is 1. The van der Waals surface area contributed by atoms with Crippen LogP contribution >= 0.6 is 11.3 Å². The Hall–Kier alpha value is -3.97. The average Bonchev–Trinajstić information content (AvgIpc) is 4.03. The third-order valence-electron chi connectivity index (χ3n) is 15.9. The van der Waals surface area contributed by atoms with E-state index in [9.17, 15) is 19.8 Å². The fourth-order valence-electron chi connectivity index (χ4n) is 12.1. The number of thiophene rings is 1. The molecule has 5 aliphatic rings. The van der Waals surface area contributed by atoms with Crippen molar-refractivity contribution < 1.29 is 67.3 Å². The van der Waals surface area contributed by atoms with Crippen molar-refractivity contribution >= 4 is 34.8 Å². The first-order chi connectivity index (χ1) is 33.9. The number of likely N-dealkylation sites (N-methyl/N-ethyl adjacent to an activating group) is 1. The minimum absolute atomic E-state index is 0.0599. The molecule has 72 heavy (non-hydrogen) atoms. The molecule has 5 unspecified atom stereocenters. The number of aliphatic hydroxyl groups excluding tert-OH is 2. The number of nitrogens with zero attached hydrogens (tertiary/aromatic N) is 3. The second-order valence-electron chi connectivity index (χ2n) is 21.5. The molecule has 18 atom stereocenters. The number of esters is 2. The molecule has 0 aromatic carbocycles. The van der Waals surface area contributed by atoms with Crippen LogP contribution in [0.3, 0.4) is 0 Å². The molecule has 2 N–H and O–H groups in total. The number of carbonyl (C=O) groups excluding carboxylic acids is 4. The van der Waals surface area contributed by atoms with E-state index in [2.05, 4.69) is 23.4 Å². The second-order valence-corrected chi connectivity index (χ2v) is 22.6. The molecule has 5 aliphatic heterocycles.